The highest BCUT2D eigenvalue weighted by Crippen LogP contribution is 2.12. The number of carbonyl (C=O) groups excluding carboxylic acids is 1. The van der Waals surface area contributed by atoms with Gasteiger partial charge in [0.05, 0.1) is 11.6 Å². The van der Waals surface area contributed by atoms with Gasteiger partial charge in [-0.2, -0.15) is 0 Å². The number of carbonyl (C=O) groups is 1. The van der Waals surface area contributed by atoms with Gasteiger partial charge in [-0.15, -0.1) is 0 Å². The summed E-state index contributed by atoms with van der Waals surface area (Å²) in [5.74, 6) is -0.309. The Bertz CT molecular complexity index is 680. The first-order chi connectivity index (χ1) is 9.47. The lowest BCUT2D eigenvalue weighted by Crippen LogP contribution is -2.27. The molecule has 0 bridgehead atoms. The van der Waals surface area contributed by atoms with Crippen molar-refractivity contribution < 1.29 is 4.79 Å². The molecule has 0 saturated heterocycles. The Labute approximate surface area is 121 Å². The zero-order valence-corrected chi connectivity index (χ0v) is 11.9. The number of aromatic nitrogens is 2. The lowest BCUT2D eigenvalue weighted by Gasteiger charge is -2.14. The largest absolute Gasteiger partial charge is 0.345 e. The van der Waals surface area contributed by atoms with Crippen LogP contribution in [0.2, 0.25) is 5.02 Å². The number of nitrogens with zero attached hydrogens (tertiary/aromatic N) is 1. The summed E-state index contributed by atoms with van der Waals surface area (Å²) < 4.78 is 0. The van der Waals surface area contributed by atoms with Crippen molar-refractivity contribution in [3.8, 4) is 0 Å². The van der Waals surface area contributed by atoms with E-state index in [-0.39, 0.29) is 17.0 Å². The Morgan fingerprint density at radius 2 is 2.20 bits per heavy atom. The molecule has 2 aromatic heterocycles. The molecule has 2 rings (SSSR count). The number of nitrogens with one attached hydrogen (secondary N) is 2. The van der Waals surface area contributed by atoms with Crippen molar-refractivity contribution in [3.05, 3.63) is 62.8 Å². The molecule has 0 fully saturated rings. The Morgan fingerprint density at radius 1 is 1.45 bits per heavy atom. The third-order valence-electron chi connectivity index (χ3n) is 2.90. The van der Waals surface area contributed by atoms with Crippen LogP contribution in [-0.4, -0.2) is 15.9 Å². The van der Waals surface area contributed by atoms with E-state index in [1.54, 1.807) is 6.20 Å². The average molecular weight is 292 g/mol. The smallest absolute Gasteiger partial charge is 0.266 e. The lowest BCUT2D eigenvalue weighted by molar-refractivity contribution is 0.0939. The van der Waals surface area contributed by atoms with E-state index in [1.165, 1.54) is 12.3 Å². The predicted octanol–water partition coefficient (Wildman–Crippen LogP) is 2.22. The predicted molar refractivity (Wildman–Crippen MR) is 76.9 cm³/mol. The van der Waals surface area contributed by atoms with E-state index in [2.05, 4.69) is 15.3 Å². The fraction of sp³-hybridized carbons (Fsp3) is 0.214. The third kappa shape index (κ3) is 3.24. The van der Waals surface area contributed by atoms with Crippen LogP contribution in [0.1, 0.15) is 34.6 Å². The summed E-state index contributed by atoms with van der Waals surface area (Å²) in [6.07, 6.45) is 3.06. The first-order valence-electron chi connectivity index (χ1n) is 6.09. The van der Waals surface area contributed by atoms with E-state index < -0.39 is 5.56 Å². The van der Waals surface area contributed by atoms with Gasteiger partial charge < -0.3 is 10.3 Å². The van der Waals surface area contributed by atoms with Gasteiger partial charge in [0.2, 0.25) is 0 Å². The molecule has 1 amide bonds. The van der Waals surface area contributed by atoms with E-state index in [1.807, 2.05) is 26.0 Å². The molecule has 104 valence electrons. The van der Waals surface area contributed by atoms with Crippen LogP contribution in [0.3, 0.4) is 0 Å². The van der Waals surface area contributed by atoms with E-state index in [0.29, 0.717) is 5.56 Å². The average Bonchev–Trinajstić information content (AvgIpc) is 2.42. The van der Waals surface area contributed by atoms with Crippen molar-refractivity contribution in [3.63, 3.8) is 0 Å². The second-order valence-electron chi connectivity index (χ2n) is 4.49. The maximum atomic E-state index is 12.0. The van der Waals surface area contributed by atoms with Crippen LogP contribution < -0.4 is 10.9 Å². The van der Waals surface area contributed by atoms with Crippen molar-refractivity contribution in [1.82, 2.24) is 15.3 Å². The molecule has 0 spiro atoms. The van der Waals surface area contributed by atoms with Gasteiger partial charge in [0.1, 0.15) is 5.02 Å². The molecule has 0 aliphatic carbocycles. The van der Waals surface area contributed by atoms with Gasteiger partial charge in [0.15, 0.2) is 0 Å². The van der Waals surface area contributed by atoms with Gasteiger partial charge >= 0.3 is 0 Å². The van der Waals surface area contributed by atoms with Crippen LogP contribution in [0, 0.1) is 6.92 Å². The van der Waals surface area contributed by atoms with Crippen molar-refractivity contribution in [2.75, 3.05) is 0 Å². The molecule has 0 aliphatic rings. The van der Waals surface area contributed by atoms with E-state index >= 15 is 0 Å². The van der Waals surface area contributed by atoms with E-state index in [9.17, 15) is 9.59 Å². The van der Waals surface area contributed by atoms with Crippen LogP contribution in [0.4, 0.5) is 0 Å². The fourth-order valence-electron chi connectivity index (χ4n) is 1.69. The summed E-state index contributed by atoms with van der Waals surface area (Å²) in [5, 5.41) is 2.81. The first-order valence-corrected chi connectivity index (χ1v) is 6.47. The molecular formula is C14H14ClN3O2. The second kappa shape index (κ2) is 5.88. The third-order valence-corrected chi connectivity index (χ3v) is 3.18. The number of hydrogen-bond acceptors (Lipinski definition) is 3. The van der Waals surface area contributed by atoms with Gasteiger partial charge in [-0.1, -0.05) is 17.7 Å². The molecule has 0 aromatic carbocycles. The molecule has 0 radical (unpaired) electrons. The monoisotopic (exact) mass is 291 g/mol. The lowest BCUT2D eigenvalue weighted by atomic mass is 10.1. The van der Waals surface area contributed by atoms with Crippen LogP contribution in [0.5, 0.6) is 0 Å². The van der Waals surface area contributed by atoms with Gasteiger partial charge in [-0.05, 0) is 31.5 Å². The number of rotatable bonds is 3. The molecule has 1 atom stereocenters. The zero-order chi connectivity index (χ0) is 14.7. The second-order valence-corrected chi connectivity index (χ2v) is 4.90. The highest BCUT2D eigenvalue weighted by atomic mass is 35.5. The molecule has 2 N–H and O–H groups in total. The van der Waals surface area contributed by atoms with Gasteiger partial charge in [0, 0.05) is 18.1 Å². The highest BCUT2D eigenvalue weighted by Gasteiger charge is 2.12. The SMILES string of the molecule is Cc1ccc([C@H](C)NC(=O)c2c[nH]c(=O)c(Cl)c2)cn1. The molecular weight excluding hydrogens is 278 g/mol. The summed E-state index contributed by atoms with van der Waals surface area (Å²) in [6, 6.07) is 4.94. The zero-order valence-electron chi connectivity index (χ0n) is 11.1. The molecule has 0 unspecified atom stereocenters. The van der Waals surface area contributed by atoms with E-state index in [0.717, 1.165) is 11.3 Å². The van der Waals surface area contributed by atoms with Crippen molar-refractivity contribution in [1.29, 1.82) is 0 Å². The number of halogens is 1. The van der Waals surface area contributed by atoms with Crippen LogP contribution >= 0.6 is 11.6 Å². The summed E-state index contributed by atoms with van der Waals surface area (Å²) >= 11 is 5.70. The van der Waals surface area contributed by atoms with Crippen molar-refractivity contribution in [2.45, 2.75) is 19.9 Å². The van der Waals surface area contributed by atoms with Crippen LogP contribution in [0.25, 0.3) is 0 Å². The Balaban J connectivity index is 2.12. The van der Waals surface area contributed by atoms with E-state index in [4.69, 9.17) is 11.6 Å². The standard InChI is InChI=1S/C14H14ClN3O2/c1-8-3-4-10(6-16-8)9(2)18-13(19)11-5-12(15)14(20)17-7-11/h3-7,9H,1-2H3,(H,17,20)(H,18,19)/t9-/m0/s1. The van der Waals surface area contributed by atoms with Crippen molar-refractivity contribution in [2.24, 2.45) is 0 Å². The molecule has 0 saturated carbocycles. The molecule has 2 heterocycles. The topological polar surface area (TPSA) is 74.8 Å². The number of H-pyrrole nitrogens is 1. The summed E-state index contributed by atoms with van der Waals surface area (Å²) in [4.78, 5) is 29.8. The fourth-order valence-corrected chi connectivity index (χ4v) is 1.86. The minimum Gasteiger partial charge on any atom is -0.345 e. The molecule has 0 aliphatic heterocycles. The molecule has 20 heavy (non-hydrogen) atoms. The Morgan fingerprint density at radius 3 is 2.80 bits per heavy atom. The number of aryl methyl sites for hydroxylation is 1. The Kier molecular flexibility index (Phi) is 4.20. The van der Waals surface area contributed by atoms with Gasteiger partial charge in [-0.3, -0.25) is 14.6 Å². The minimum atomic E-state index is -0.418. The highest BCUT2D eigenvalue weighted by molar-refractivity contribution is 6.30. The first kappa shape index (κ1) is 14.3. The number of aromatic amines is 1. The van der Waals surface area contributed by atoms with Gasteiger partial charge in [0.25, 0.3) is 11.5 Å². The maximum absolute atomic E-state index is 12.0. The van der Waals surface area contributed by atoms with Crippen molar-refractivity contribution >= 4 is 17.5 Å². The van der Waals surface area contributed by atoms with Gasteiger partial charge in [-0.25, -0.2) is 0 Å². The number of pyridine rings is 2. The summed E-state index contributed by atoms with van der Waals surface area (Å²) in [6.45, 7) is 3.76. The maximum Gasteiger partial charge on any atom is 0.266 e. The number of hydrogen-bond donors (Lipinski definition) is 2. The number of amides is 1. The molecule has 5 nitrogen and oxygen atoms in total. The normalized spacial score (nSPS) is 11.9. The van der Waals surface area contributed by atoms with Crippen LogP contribution in [-0.2, 0) is 0 Å². The minimum absolute atomic E-state index is 0.0118. The van der Waals surface area contributed by atoms with Crippen LogP contribution in [0.15, 0.2) is 35.4 Å². The summed E-state index contributed by atoms with van der Waals surface area (Å²) in [7, 11) is 0. The quantitative estimate of drug-likeness (QED) is 0.910. The molecule has 2 aromatic rings. The molecule has 6 heteroatoms. The Hall–Kier alpha value is -2.14. The summed E-state index contributed by atoms with van der Waals surface area (Å²) in [5.41, 5.74) is 1.71.